The maximum absolute atomic E-state index is 12.4. The van der Waals surface area contributed by atoms with Crippen LogP contribution < -0.4 is 15.6 Å². The molecule has 2 aromatic heterocycles. The van der Waals surface area contributed by atoms with Crippen LogP contribution in [0.15, 0.2) is 52.6 Å². The highest BCUT2D eigenvalue weighted by atomic mass is 32.1. The molecule has 0 aliphatic heterocycles. The molecule has 6 nitrogen and oxygen atoms in total. The van der Waals surface area contributed by atoms with Crippen molar-refractivity contribution >= 4 is 38.4 Å². The van der Waals surface area contributed by atoms with Gasteiger partial charge in [-0.05, 0) is 68.3 Å². The normalized spacial score (nSPS) is 11.6. The Labute approximate surface area is 196 Å². The Bertz CT molecular complexity index is 1350. The molecular formula is C26H28N2O4S. The first-order chi connectivity index (χ1) is 15.8. The van der Waals surface area contributed by atoms with E-state index < -0.39 is 11.7 Å². The summed E-state index contributed by atoms with van der Waals surface area (Å²) >= 11 is 1.44. The third-order valence-corrected chi connectivity index (χ3v) is 6.24. The smallest absolute Gasteiger partial charge is 0.407 e. The molecule has 4 rings (SSSR count). The third kappa shape index (κ3) is 5.03. The van der Waals surface area contributed by atoms with Gasteiger partial charge in [0, 0.05) is 28.4 Å². The third-order valence-electron chi connectivity index (χ3n) is 5.33. The summed E-state index contributed by atoms with van der Waals surface area (Å²) in [6.07, 6.45) is 1.26. The average Bonchev–Trinajstić information content (AvgIpc) is 3.26. The number of ether oxygens (including phenoxy) is 2. The van der Waals surface area contributed by atoms with Crippen molar-refractivity contribution in [1.29, 1.82) is 0 Å². The number of hydrogen-bond donors (Lipinski definition) is 2. The SMILES string of the molecule is COc1ccc2[nH]c(=O)c3sccc3c2c1-c1ccc(CCCNC(=O)OC(C)(C)C)cc1. The molecule has 1 amide bonds. The van der Waals surface area contributed by atoms with E-state index in [0.29, 0.717) is 11.2 Å². The molecule has 0 radical (unpaired) electrons. The lowest BCUT2D eigenvalue weighted by Crippen LogP contribution is -2.33. The van der Waals surface area contributed by atoms with Crippen LogP contribution in [0.25, 0.3) is 32.1 Å². The van der Waals surface area contributed by atoms with E-state index in [4.69, 9.17) is 9.47 Å². The van der Waals surface area contributed by atoms with Gasteiger partial charge in [-0.25, -0.2) is 4.79 Å². The number of aromatic amines is 1. The number of methoxy groups -OCH3 is 1. The topological polar surface area (TPSA) is 80.4 Å². The molecule has 0 unspecified atom stereocenters. The molecule has 33 heavy (non-hydrogen) atoms. The molecule has 0 saturated heterocycles. The number of carbonyl (C=O) groups is 1. The first-order valence-electron chi connectivity index (χ1n) is 10.9. The molecule has 2 heterocycles. The van der Waals surface area contributed by atoms with E-state index >= 15 is 0 Å². The van der Waals surface area contributed by atoms with Gasteiger partial charge in [0.15, 0.2) is 0 Å². The summed E-state index contributed by atoms with van der Waals surface area (Å²) in [6, 6.07) is 14.1. The monoisotopic (exact) mass is 464 g/mol. The maximum atomic E-state index is 12.4. The lowest BCUT2D eigenvalue weighted by molar-refractivity contribution is 0.0527. The average molecular weight is 465 g/mol. The Morgan fingerprint density at radius 2 is 1.85 bits per heavy atom. The molecule has 172 valence electrons. The standard InChI is InChI=1S/C26H28N2O4S/c1-26(2,3)32-25(30)27-14-5-6-16-7-9-17(10-8-16)21-20(31-4)12-11-19-22(21)18-13-15-33-23(18)24(29)28-19/h7-13,15H,5-6,14H2,1-4H3,(H,27,30)(H,28,29). The van der Waals surface area contributed by atoms with Gasteiger partial charge >= 0.3 is 6.09 Å². The van der Waals surface area contributed by atoms with Gasteiger partial charge < -0.3 is 19.8 Å². The lowest BCUT2D eigenvalue weighted by atomic mass is 9.96. The zero-order chi connectivity index (χ0) is 23.6. The predicted molar refractivity (Wildman–Crippen MR) is 134 cm³/mol. The highest BCUT2D eigenvalue weighted by molar-refractivity contribution is 7.17. The Hall–Kier alpha value is -3.32. The van der Waals surface area contributed by atoms with Crippen molar-refractivity contribution in [2.75, 3.05) is 13.7 Å². The molecule has 0 bridgehead atoms. The highest BCUT2D eigenvalue weighted by Gasteiger charge is 2.17. The van der Waals surface area contributed by atoms with Gasteiger partial charge in [-0.15, -0.1) is 11.3 Å². The number of thiophene rings is 1. The van der Waals surface area contributed by atoms with E-state index in [0.717, 1.165) is 46.0 Å². The van der Waals surface area contributed by atoms with Crippen molar-refractivity contribution in [1.82, 2.24) is 10.3 Å². The second kappa shape index (κ2) is 9.27. The van der Waals surface area contributed by atoms with E-state index in [9.17, 15) is 9.59 Å². The second-order valence-electron chi connectivity index (χ2n) is 8.91. The van der Waals surface area contributed by atoms with E-state index in [2.05, 4.69) is 34.6 Å². The number of H-pyrrole nitrogens is 1. The molecule has 0 aliphatic rings. The molecule has 4 aromatic rings. The number of alkyl carbamates (subject to hydrolysis) is 1. The molecule has 0 atom stereocenters. The number of fused-ring (bicyclic) bond motifs is 3. The quantitative estimate of drug-likeness (QED) is 0.350. The maximum Gasteiger partial charge on any atom is 0.407 e. The van der Waals surface area contributed by atoms with Gasteiger partial charge in [0.2, 0.25) is 0 Å². The minimum absolute atomic E-state index is 0.0704. The number of aromatic nitrogens is 1. The van der Waals surface area contributed by atoms with Crippen LogP contribution in [0, 0.1) is 0 Å². The number of amides is 1. The van der Waals surface area contributed by atoms with Crippen molar-refractivity contribution < 1.29 is 14.3 Å². The first-order valence-corrected chi connectivity index (χ1v) is 11.8. The first kappa shape index (κ1) is 22.9. The number of rotatable bonds is 6. The molecule has 0 aliphatic carbocycles. The van der Waals surface area contributed by atoms with Crippen molar-refractivity contribution in [3.8, 4) is 16.9 Å². The molecule has 0 spiro atoms. The molecule has 0 saturated carbocycles. The largest absolute Gasteiger partial charge is 0.496 e. The predicted octanol–water partition coefficient (Wildman–Crippen LogP) is 5.88. The summed E-state index contributed by atoms with van der Waals surface area (Å²) in [4.78, 5) is 27.2. The van der Waals surface area contributed by atoms with Gasteiger partial charge in [0.1, 0.15) is 16.1 Å². The summed E-state index contributed by atoms with van der Waals surface area (Å²) in [5.74, 6) is 0.761. The Kier molecular flexibility index (Phi) is 6.42. The molecular weight excluding hydrogens is 436 g/mol. The van der Waals surface area contributed by atoms with Gasteiger partial charge in [0.25, 0.3) is 5.56 Å². The van der Waals surface area contributed by atoms with Crippen LogP contribution in [0.4, 0.5) is 4.79 Å². The molecule has 7 heteroatoms. The summed E-state index contributed by atoms with van der Waals surface area (Å²) < 4.78 is 11.7. The summed E-state index contributed by atoms with van der Waals surface area (Å²) in [6.45, 7) is 6.09. The zero-order valence-electron chi connectivity index (χ0n) is 19.3. The van der Waals surface area contributed by atoms with Gasteiger partial charge in [-0.2, -0.15) is 0 Å². The fourth-order valence-electron chi connectivity index (χ4n) is 3.92. The summed E-state index contributed by atoms with van der Waals surface area (Å²) in [5, 5.41) is 6.66. The van der Waals surface area contributed by atoms with Gasteiger partial charge in [-0.3, -0.25) is 4.79 Å². The van der Waals surface area contributed by atoms with E-state index in [1.54, 1.807) is 7.11 Å². The Morgan fingerprint density at radius 3 is 2.55 bits per heavy atom. The van der Waals surface area contributed by atoms with Crippen LogP contribution in [0.2, 0.25) is 0 Å². The van der Waals surface area contributed by atoms with Gasteiger partial charge in [0.05, 0.1) is 7.11 Å². The highest BCUT2D eigenvalue weighted by Crippen LogP contribution is 2.40. The van der Waals surface area contributed by atoms with Crippen LogP contribution in [0.5, 0.6) is 5.75 Å². The fourth-order valence-corrected chi connectivity index (χ4v) is 4.72. The number of hydrogen-bond acceptors (Lipinski definition) is 5. The van der Waals surface area contributed by atoms with Crippen LogP contribution in [-0.2, 0) is 11.2 Å². The molecule has 2 aromatic carbocycles. The number of benzene rings is 2. The van der Waals surface area contributed by atoms with Crippen LogP contribution in [-0.4, -0.2) is 30.3 Å². The zero-order valence-corrected chi connectivity index (χ0v) is 20.1. The fraction of sp³-hybridized carbons (Fsp3) is 0.308. The van der Waals surface area contributed by atoms with E-state index in [1.807, 2.05) is 44.4 Å². The minimum Gasteiger partial charge on any atom is -0.496 e. The molecule has 0 fully saturated rings. The van der Waals surface area contributed by atoms with Crippen molar-refractivity contribution in [3.05, 3.63) is 63.8 Å². The van der Waals surface area contributed by atoms with Crippen molar-refractivity contribution in [2.24, 2.45) is 0 Å². The second-order valence-corrected chi connectivity index (χ2v) is 9.83. The lowest BCUT2D eigenvalue weighted by Gasteiger charge is -2.19. The summed E-state index contributed by atoms with van der Waals surface area (Å²) in [7, 11) is 1.66. The van der Waals surface area contributed by atoms with Crippen LogP contribution in [0.1, 0.15) is 32.8 Å². The van der Waals surface area contributed by atoms with Crippen molar-refractivity contribution in [3.63, 3.8) is 0 Å². The number of aryl methyl sites for hydroxylation is 1. The Balaban J connectivity index is 1.56. The number of nitrogens with one attached hydrogen (secondary N) is 2. The minimum atomic E-state index is -0.496. The van der Waals surface area contributed by atoms with Crippen LogP contribution >= 0.6 is 11.3 Å². The van der Waals surface area contributed by atoms with Gasteiger partial charge in [-0.1, -0.05) is 24.3 Å². The number of carbonyl (C=O) groups excluding carboxylic acids is 1. The molecule has 2 N–H and O–H groups in total. The summed E-state index contributed by atoms with van der Waals surface area (Å²) in [5.41, 5.74) is 3.39. The van der Waals surface area contributed by atoms with Crippen LogP contribution in [0.3, 0.4) is 0 Å². The van der Waals surface area contributed by atoms with E-state index in [1.165, 1.54) is 16.9 Å². The number of pyridine rings is 1. The van der Waals surface area contributed by atoms with E-state index in [-0.39, 0.29) is 5.56 Å². The Morgan fingerprint density at radius 1 is 1.09 bits per heavy atom. The van der Waals surface area contributed by atoms with Crippen molar-refractivity contribution in [2.45, 2.75) is 39.2 Å².